The summed E-state index contributed by atoms with van der Waals surface area (Å²) in [6, 6.07) is 4.13. The molecule has 0 radical (unpaired) electrons. The molecule has 0 saturated heterocycles. The molecule has 1 saturated carbocycles. The van der Waals surface area contributed by atoms with Crippen LogP contribution >= 0.6 is 0 Å². The van der Waals surface area contributed by atoms with E-state index in [1.807, 2.05) is 6.07 Å². The van der Waals surface area contributed by atoms with Gasteiger partial charge in [0.2, 0.25) is 0 Å². The second kappa shape index (κ2) is 8.68. The zero-order chi connectivity index (χ0) is 23.0. The molecule has 0 bridgehead atoms. The molecule has 1 aromatic rings. The molecule has 3 rings (SSSR count). The molecule has 0 spiro atoms. The van der Waals surface area contributed by atoms with Crippen molar-refractivity contribution in [2.24, 2.45) is 11.3 Å². The van der Waals surface area contributed by atoms with Crippen molar-refractivity contribution in [3.63, 3.8) is 0 Å². The van der Waals surface area contributed by atoms with Crippen LogP contribution in [0, 0.1) is 23.7 Å². The van der Waals surface area contributed by atoms with E-state index in [9.17, 15) is 0 Å². The Kier molecular flexibility index (Phi) is 6.70. The summed E-state index contributed by atoms with van der Waals surface area (Å²) < 4.78 is 18.1. The lowest BCUT2D eigenvalue weighted by molar-refractivity contribution is 0.0545. The number of terminal acetylenes is 1. The maximum absolute atomic E-state index is 6.94. The van der Waals surface area contributed by atoms with E-state index in [1.54, 1.807) is 14.2 Å². The Morgan fingerprint density at radius 2 is 1.87 bits per heavy atom. The number of allylic oxidation sites excluding steroid dienone is 1. The molecule has 0 aromatic heterocycles. The number of fused-ring (bicyclic) bond motifs is 1. The Morgan fingerprint density at radius 1 is 1.16 bits per heavy atom. The molecule has 0 amide bonds. The molecule has 0 aliphatic heterocycles. The van der Waals surface area contributed by atoms with E-state index in [1.165, 1.54) is 16.7 Å². The van der Waals surface area contributed by atoms with Crippen LogP contribution in [0.25, 0.3) is 6.08 Å². The Bertz CT molecular complexity index is 887. The van der Waals surface area contributed by atoms with Gasteiger partial charge in [0.05, 0.1) is 20.3 Å². The monoisotopic (exact) mass is 440 g/mol. The Labute approximate surface area is 190 Å². The first-order chi connectivity index (χ1) is 14.5. The molecular formula is C27H40O3Si. The summed E-state index contributed by atoms with van der Waals surface area (Å²) in [6.07, 6.45) is 13.7. The number of hydrogen-bond donors (Lipinski definition) is 0. The van der Waals surface area contributed by atoms with Crippen molar-refractivity contribution in [3.8, 4) is 23.8 Å². The minimum atomic E-state index is -1.85. The third kappa shape index (κ3) is 4.45. The summed E-state index contributed by atoms with van der Waals surface area (Å²) in [5.74, 6) is 5.05. The number of rotatable bonds is 7. The third-order valence-electron chi connectivity index (χ3n) is 8.13. The molecule has 31 heavy (non-hydrogen) atoms. The van der Waals surface area contributed by atoms with Gasteiger partial charge in [-0.3, -0.25) is 0 Å². The summed E-state index contributed by atoms with van der Waals surface area (Å²) in [7, 11) is 1.56. The largest absolute Gasteiger partial charge is 0.493 e. The van der Waals surface area contributed by atoms with Crippen LogP contribution in [-0.2, 0) is 10.8 Å². The molecule has 1 fully saturated rings. The minimum Gasteiger partial charge on any atom is -0.493 e. The highest BCUT2D eigenvalue weighted by atomic mass is 28.4. The molecule has 3 atom stereocenters. The van der Waals surface area contributed by atoms with Crippen LogP contribution in [0.15, 0.2) is 17.7 Å². The van der Waals surface area contributed by atoms with Gasteiger partial charge in [-0.2, -0.15) is 0 Å². The van der Waals surface area contributed by atoms with Gasteiger partial charge in [0.15, 0.2) is 19.8 Å². The van der Waals surface area contributed by atoms with Gasteiger partial charge in [0.25, 0.3) is 0 Å². The van der Waals surface area contributed by atoms with Crippen molar-refractivity contribution in [2.45, 2.75) is 84.0 Å². The van der Waals surface area contributed by atoms with Gasteiger partial charge in [-0.1, -0.05) is 45.4 Å². The predicted octanol–water partition coefficient (Wildman–Crippen LogP) is 6.86. The van der Waals surface area contributed by atoms with Gasteiger partial charge in [-0.25, -0.2) is 0 Å². The van der Waals surface area contributed by atoms with Crippen molar-refractivity contribution in [3.05, 3.63) is 28.8 Å². The van der Waals surface area contributed by atoms with E-state index in [0.717, 1.165) is 43.6 Å². The fourth-order valence-electron chi connectivity index (χ4n) is 4.95. The van der Waals surface area contributed by atoms with Gasteiger partial charge in [-0.05, 0) is 61.9 Å². The van der Waals surface area contributed by atoms with Crippen molar-refractivity contribution in [1.82, 2.24) is 0 Å². The normalized spacial score (nSPS) is 25.7. The summed E-state index contributed by atoms with van der Waals surface area (Å²) >= 11 is 0. The smallest absolute Gasteiger partial charge is 0.192 e. The summed E-state index contributed by atoms with van der Waals surface area (Å²) in [6.45, 7) is 14.0. The maximum Gasteiger partial charge on any atom is 0.192 e. The first-order valence-electron chi connectivity index (χ1n) is 11.5. The van der Waals surface area contributed by atoms with E-state index >= 15 is 0 Å². The highest BCUT2D eigenvalue weighted by Crippen LogP contribution is 2.52. The Hall–Kier alpha value is -1.70. The van der Waals surface area contributed by atoms with Crippen LogP contribution < -0.4 is 9.47 Å². The highest BCUT2D eigenvalue weighted by Gasteiger charge is 2.50. The number of hydrogen-bond acceptors (Lipinski definition) is 3. The van der Waals surface area contributed by atoms with E-state index < -0.39 is 8.32 Å². The summed E-state index contributed by atoms with van der Waals surface area (Å²) in [4.78, 5) is 0. The topological polar surface area (TPSA) is 27.7 Å². The molecule has 3 nitrogen and oxygen atoms in total. The summed E-state index contributed by atoms with van der Waals surface area (Å²) in [5.41, 5.74) is 3.93. The van der Waals surface area contributed by atoms with Crippen molar-refractivity contribution >= 4 is 14.4 Å². The highest BCUT2D eigenvalue weighted by molar-refractivity contribution is 6.74. The lowest BCUT2D eigenvalue weighted by Crippen LogP contribution is -2.47. The molecule has 0 heterocycles. The molecule has 1 aromatic carbocycles. The van der Waals surface area contributed by atoms with Gasteiger partial charge in [-0.15, -0.1) is 12.3 Å². The van der Waals surface area contributed by atoms with E-state index in [4.69, 9.17) is 20.3 Å². The average molecular weight is 441 g/mol. The summed E-state index contributed by atoms with van der Waals surface area (Å²) in [5, 5.41) is 0.202. The molecule has 4 heteroatoms. The van der Waals surface area contributed by atoms with Crippen molar-refractivity contribution < 1.29 is 13.9 Å². The number of ether oxygens (including phenoxy) is 2. The number of benzene rings is 1. The predicted molar refractivity (Wildman–Crippen MR) is 132 cm³/mol. The van der Waals surface area contributed by atoms with E-state index in [-0.39, 0.29) is 22.5 Å². The zero-order valence-electron chi connectivity index (χ0n) is 20.7. The molecule has 0 unspecified atom stereocenters. The molecule has 170 valence electrons. The van der Waals surface area contributed by atoms with Crippen LogP contribution in [0.3, 0.4) is 0 Å². The Balaban J connectivity index is 1.76. The second-order valence-corrected chi connectivity index (χ2v) is 15.8. The third-order valence-corrected chi connectivity index (χ3v) is 12.6. The van der Waals surface area contributed by atoms with Crippen molar-refractivity contribution in [2.75, 3.05) is 14.2 Å². The number of methoxy groups -OCH3 is 2. The van der Waals surface area contributed by atoms with Gasteiger partial charge < -0.3 is 13.9 Å². The lowest BCUT2D eigenvalue weighted by atomic mass is 9.74. The molecule has 0 N–H and O–H groups in total. The quantitative estimate of drug-likeness (QED) is 0.342. The molecule has 2 aliphatic carbocycles. The van der Waals surface area contributed by atoms with Crippen LogP contribution in [0.4, 0.5) is 0 Å². The van der Waals surface area contributed by atoms with Crippen LogP contribution in [0.1, 0.15) is 64.5 Å². The van der Waals surface area contributed by atoms with Gasteiger partial charge in [0.1, 0.15) is 0 Å². The van der Waals surface area contributed by atoms with E-state index in [0.29, 0.717) is 0 Å². The fourth-order valence-corrected chi connectivity index (χ4v) is 6.40. The van der Waals surface area contributed by atoms with Crippen LogP contribution in [-0.4, -0.2) is 28.6 Å². The van der Waals surface area contributed by atoms with Gasteiger partial charge in [0, 0.05) is 16.9 Å². The fraction of sp³-hybridized carbons (Fsp3) is 0.630. The van der Waals surface area contributed by atoms with E-state index in [2.05, 4.69) is 58.9 Å². The molecular weight excluding hydrogens is 400 g/mol. The first-order valence-corrected chi connectivity index (χ1v) is 14.4. The van der Waals surface area contributed by atoms with Gasteiger partial charge >= 0.3 is 0 Å². The second-order valence-electron chi connectivity index (χ2n) is 11.0. The SMILES string of the molecule is C#C[C@@H]1CC[C@H](O[Si](C)(C)C(C)(C)C)[C@@]1(C)CCC1=Cc2ccc(OC)c(OC)c2C1. The minimum absolute atomic E-state index is 0.0155. The maximum atomic E-state index is 6.94. The van der Waals surface area contributed by atoms with Crippen LogP contribution in [0.2, 0.25) is 18.1 Å². The molecule has 2 aliphatic rings. The standard InChI is InChI=1S/C27H40O3Si/c1-10-21-12-14-24(30-31(8,9)26(2,3)4)27(21,5)16-15-19-17-20-11-13-23(28-6)25(29-7)22(20)18-19/h1,11,13,17,21,24H,12,14-16,18H2,2-9H3/t21-,24+,27+/m1/s1. The average Bonchev–Trinajstić information content (AvgIpc) is 3.25. The Morgan fingerprint density at radius 3 is 2.45 bits per heavy atom. The van der Waals surface area contributed by atoms with Crippen molar-refractivity contribution in [1.29, 1.82) is 0 Å². The van der Waals surface area contributed by atoms with Crippen LogP contribution in [0.5, 0.6) is 11.5 Å². The first kappa shape index (κ1) is 23.9. The zero-order valence-corrected chi connectivity index (χ0v) is 21.7. The lowest BCUT2D eigenvalue weighted by Gasteiger charge is -2.44.